The van der Waals surface area contributed by atoms with E-state index in [1.54, 1.807) is 0 Å². The summed E-state index contributed by atoms with van der Waals surface area (Å²) in [5.74, 6) is 0.680. The quantitative estimate of drug-likeness (QED) is 0.780. The summed E-state index contributed by atoms with van der Waals surface area (Å²) in [6.07, 6.45) is 2.19. The zero-order chi connectivity index (χ0) is 16.7. The number of aromatic nitrogens is 2. The normalized spacial score (nSPS) is 17.6. The molecule has 1 saturated heterocycles. The Hall–Kier alpha value is -2.62. The summed E-state index contributed by atoms with van der Waals surface area (Å²) >= 11 is 0. The molecule has 0 amide bonds. The Bertz CT molecular complexity index is 961. The summed E-state index contributed by atoms with van der Waals surface area (Å²) in [6.45, 7) is 5.20. The zero-order valence-corrected chi connectivity index (χ0v) is 14.0. The van der Waals surface area contributed by atoms with Crippen molar-refractivity contribution in [3.8, 4) is 0 Å². The molecule has 1 aliphatic heterocycles. The number of benzene rings is 2. The summed E-state index contributed by atoms with van der Waals surface area (Å²) in [5.41, 5.74) is 4.59. The maximum Gasteiger partial charge on any atom is 0.260 e. The van der Waals surface area contributed by atoms with Crippen LogP contribution >= 0.6 is 0 Å². The van der Waals surface area contributed by atoms with E-state index >= 15 is 0 Å². The van der Waals surface area contributed by atoms with E-state index < -0.39 is 0 Å². The van der Waals surface area contributed by atoms with Gasteiger partial charge in [-0.25, -0.2) is 4.98 Å². The van der Waals surface area contributed by atoms with Crippen molar-refractivity contribution in [1.29, 1.82) is 0 Å². The summed E-state index contributed by atoms with van der Waals surface area (Å²) < 4.78 is 0. The largest absolute Gasteiger partial charge is 0.335 e. The Morgan fingerprint density at radius 3 is 2.79 bits per heavy atom. The maximum atomic E-state index is 12.4. The number of rotatable bonds is 2. The predicted octanol–water partition coefficient (Wildman–Crippen LogP) is 3.88. The monoisotopic (exact) mass is 319 g/mol. The smallest absolute Gasteiger partial charge is 0.260 e. The molecule has 3 aromatic rings. The summed E-state index contributed by atoms with van der Waals surface area (Å²) in [5, 5.41) is 0.642. The molecule has 122 valence electrons. The Morgan fingerprint density at radius 1 is 1.12 bits per heavy atom. The van der Waals surface area contributed by atoms with E-state index in [1.165, 1.54) is 16.7 Å². The molecule has 1 N–H and O–H groups in total. The molecule has 2 heterocycles. The molecule has 0 spiro atoms. The first-order chi connectivity index (χ1) is 11.6. The van der Waals surface area contributed by atoms with Crippen LogP contribution in [0.2, 0.25) is 0 Å². The van der Waals surface area contributed by atoms with Gasteiger partial charge in [-0.1, -0.05) is 30.3 Å². The molecule has 2 aromatic carbocycles. The van der Waals surface area contributed by atoms with Crippen molar-refractivity contribution in [1.82, 2.24) is 9.97 Å². The fourth-order valence-electron chi connectivity index (χ4n) is 3.55. The third-order valence-electron chi connectivity index (χ3n) is 5.04. The van der Waals surface area contributed by atoms with Crippen LogP contribution in [0.1, 0.15) is 35.6 Å². The number of H-pyrrole nitrogens is 1. The average Bonchev–Trinajstić information content (AvgIpc) is 3.07. The molecule has 4 heteroatoms. The first-order valence-electron chi connectivity index (χ1n) is 8.46. The Labute approximate surface area is 141 Å². The molecule has 0 saturated carbocycles. The lowest BCUT2D eigenvalue weighted by atomic mass is 9.99. The second-order valence-corrected chi connectivity index (χ2v) is 6.60. The summed E-state index contributed by atoms with van der Waals surface area (Å²) in [6, 6.07) is 14.4. The van der Waals surface area contributed by atoms with Crippen molar-refractivity contribution in [2.45, 2.75) is 32.7 Å². The number of nitrogens with zero attached hydrogens (tertiary/aromatic N) is 2. The molecular formula is C20H21N3O. The highest BCUT2D eigenvalue weighted by molar-refractivity contribution is 5.78. The number of para-hydroxylation sites is 1. The standard InChI is InChI=1S/C20H21N3O/c1-13-9-10-15(12-14(13)2)18-8-5-11-23(18)20-21-17-7-4-3-6-16(17)19(24)22-20/h3-4,6-7,9-10,12,18H,5,8,11H2,1-2H3,(H,21,22,24). The van der Waals surface area contributed by atoms with Crippen LogP contribution in [0.25, 0.3) is 10.9 Å². The Kier molecular flexibility index (Phi) is 3.60. The van der Waals surface area contributed by atoms with E-state index in [0.717, 1.165) is 24.9 Å². The van der Waals surface area contributed by atoms with E-state index in [9.17, 15) is 4.79 Å². The average molecular weight is 319 g/mol. The Morgan fingerprint density at radius 2 is 1.96 bits per heavy atom. The second kappa shape index (κ2) is 5.78. The minimum Gasteiger partial charge on any atom is -0.335 e. The minimum atomic E-state index is -0.0682. The SMILES string of the molecule is Cc1ccc(C2CCCN2c2nc3ccccc3c(=O)[nH]2)cc1C. The molecule has 1 atom stereocenters. The van der Waals surface area contributed by atoms with Gasteiger partial charge in [-0.15, -0.1) is 0 Å². The van der Waals surface area contributed by atoms with Gasteiger partial charge in [-0.3, -0.25) is 9.78 Å². The highest BCUT2D eigenvalue weighted by Crippen LogP contribution is 2.35. The number of hydrogen-bond acceptors (Lipinski definition) is 3. The molecule has 1 aliphatic rings. The van der Waals surface area contributed by atoms with Crippen LogP contribution in [0.3, 0.4) is 0 Å². The first kappa shape index (κ1) is 14.9. The maximum absolute atomic E-state index is 12.4. The van der Waals surface area contributed by atoms with Gasteiger partial charge in [0.05, 0.1) is 16.9 Å². The number of fused-ring (bicyclic) bond motifs is 1. The zero-order valence-electron chi connectivity index (χ0n) is 14.0. The van der Waals surface area contributed by atoms with Crippen LogP contribution in [-0.2, 0) is 0 Å². The van der Waals surface area contributed by atoms with Crippen molar-refractivity contribution in [2.75, 3.05) is 11.4 Å². The third kappa shape index (κ3) is 2.48. The Balaban J connectivity index is 1.77. The van der Waals surface area contributed by atoms with E-state index in [0.29, 0.717) is 11.3 Å². The van der Waals surface area contributed by atoms with E-state index in [-0.39, 0.29) is 11.6 Å². The fourth-order valence-corrected chi connectivity index (χ4v) is 3.55. The molecular weight excluding hydrogens is 298 g/mol. The van der Waals surface area contributed by atoms with Crippen LogP contribution in [0.15, 0.2) is 47.3 Å². The predicted molar refractivity (Wildman–Crippen MR) is 97.6 cm³/mol. The molecule has 1 fully saturated rings. The van der Waals surface area contributed by atoms with E-state index in [2.05, 4.69) is 41.9 Å². The van der Waals surface area contributed by atoms with Gasteiger partial charge in [0.2, 0.25) is 5.95 Å². The van der Waals surface area contributed by atoms with Crippen LogP contribution in [0.5, 0.6) is 0 Å². The lowest BCUT2D eigenvalue weighted by Crippen LogP contribution is -2.27. The molecule has 4 nitrogen and oxygen atoms in total. The number of anilines is 1. The van der Waals surface area contributed by atoms with Crippen molar-refractivity contribution in [2.24, 2.45) is 0 Å². The van der Waals surface area contributed by atoms with Gasteiger partial charge in [-0.2, -0.15) is 0 Å². The van der Waals surface area contributed by atoms with Crippen molar-refractivity contribution < 1.29 is 0 Å². The summed E-state index contributed by atoms with van der Waals surface area (Å²) in [4.78, 5) is 22.3. The van der Waals surface area contributed by atoms with Gasteiger partial charge >= 0.3 is 0 Å². The third-order valence-corrected chi connectivity index (χ3v) is 5.04. The van der Waals surface area contributed by atoms with Crippen molar-refractivity contribution in [3.05, 3.63) is 69.5 Å². The molecule has 1 aromatic heterocycles. The van der Waals surface area contributed by atoms with Crippen LogP contribution < -0.4 is 10.5 Å². The molecule has 1 unspecified atom stereocenters. The molecule has 24 heavy (non-hydrogen) atoms. The van der Waals surface area contributed by atoms with Crippen LogP contribution in [0.4, 0.5) is 5.95 Å². The van der Waals surface area contributed by atoms with Crippen LogP contribution in [0, 0.1) is 13.8 Å². The highest BCUT2D eigenvalue weighted by Gasteiger charge is 2.28. The topological polar surface area (TPSA) is 49.0 Å². The van der Waals surface area contributed by atoms with Gasteiger partial charge in [0.25, 0.3) is 5.56 Å². The van der Waals surface area contributed by atoms with Gasteiger partial charge in [0, 0.05) is 6.54 Å². The molecule has 0 bridgehead atoms. The number of hydrogen-bond donors (Lipinski definition) is 1. The fraction of sp³-hybridized carbons (Fsp3) is 0.300. The van der Waals surface area contributed by atoms with Gasteiger partial charge < -0.3 is 4.90 Å². The highest BCUT2D eigenvalue weighted by atomic mass is 16.1. The van der Waals surface area contributed by atoms with E-state index in [4.69, 9.17) is 4.98 Å². The lowest BCUT2D eigenvalue weighted by Gasteiger charge is -2.26. The molecule has 4 rings (SSSR count). The minimum absolute atomic E-state index is 0.0682. The second-order valence-electron chi connectivity index (χ2n) is 6.60. The summed E-state index contributed by atoms with van der Waals surface area (Å²) in [7, 11) is 0. The number of aryl methyl sites for hydroxylation is 2. The first-order valence-corrected chi connectivity index (χ1v) is 8.46. The van der Waals surface area contributed by atoms with Gasteiger partial charge in [0.15, 0.2) is 0 Å². The molecule has 0 radical (unpaired) electrons. The van der Waals surface area contributed by atoms with Crippen molar-refractivity contribution in [3.63, 3.8) is 0 Å². The molecule has 0 aliphatic carbocycles. The number of aromatic amines is 1. The van der Waals surface area contributed by atoms with Gasteiger partial charge in [-0.05, 0) is 55.5 Å². The van der Waals surface area contributed by atoms with Crippen LogP contribution in [-0.4, -0.2) is 16.5 Å². The van der Waals surface area contributed by atoms with Crippen molar-refractivity contribution >= 4 is 16.9 Å². The number of nitrogens with one attached hydrogen (secondary N) is 1. The van der Waals surface area contributed by atoms with E-state index in [1.807, 2.05) is 24.3 Å². The van der Waals surface area contributed by atoms with Gasteiger partial charge in [0.1, 0.15) is 0 Å². The lowest BCUT2D eigenvalue weighted by molar-refractivity contribution is 0.701.